The molecule has 1 aromatic carbocycles. The third-order valence-corrected chi connectivity index (χ3v) is 3.39. The minimum absolute atomic E-state index is 0.0221. The lowest BCUT2D eigenvalue weighted by Gasteiger charge is -2.24. The zero-order chi connectivity index (χ0) is 13.8. The molecule has 1 amide bonds. The molecule has 5 nitrogen and oxygen atoms in total. The van der Waals surface area contributed by atoms with Gasteiger partial charge in [-0.05, 0) is 18.9 Å². The van der Waals surface area contributed by atoms with Crippen molar-refractivity contribution in [1.82, 2.24) is 5.32 Å². The summed E-state index contributed by atoms with van der Waals surface area (Å²) in [6.45, 7) is 0.150. The summed E-state index contributed by atoms with van der Waals surface area (Å²) in [5.41, 5.74) is 6.04. The van der Waals surface area contributed by atoms with Crippen LogP contribution in [-0.2, 0) is 11.3 Å². The van der Waals surface area contributed by atoms with Gasteiger partial charge in [-0.25, -0.2) is 4.39 Å². The molecule has 0 aliphatic heterocycles. The Hall–Kier alpha value is -2.11. The summed E-state index contributed by atoms with van der Waals surface area (Å²) < 4.78 is 13.8. The molecule has 1 aliphatic carbocycles. The van der Waals surface area contributed by atoms with Crippen molar-refractivity contribution >= 4 is 11.7 Å². The van der Waals surface area contributed by atoms with E-state index in [2.05, 4.69) is 10.5 Å². The number of nitrogens with one attached hydrogen (secondary N) is 1. The zero-order valence-electron chi connectivity index (χ0n) is 10.4. The number of nitrogens with two attached hydrogens (primary N) is 1. The fraction of sp³-hybridized carbons (Fsp3) is 0.385. The highest BCUT2D eigenvalue weighted by atomic mass is 19.1. The quantitative estimate of drug-likeness (QED) is 0.332. The van der Waals surface area contributed by atoms with Crippen LogP contribution in [0.2, 0.25) is 0 Å². The number of carbonyl (C=O) groups is 1. The molecule has 0 bridgehead atoms. The number of carbonyl (C=O) groups excluding carboxylic acids is 1. The van der Waals surface area contributed by atoms with Crippen LogP contribution < -0.4 is 11.1 Å². The second kappa shape index (κ2) is 5.69. The molecule has 0 heterocycles. The summed E-state index contributed by atoms with van der Waals surface area (Å²) in [5.74, 6) is -0.576. The van der Waals surface area contributed by atoms with Crippen LogP contribution in [0.4, 0.5) is 4.39 Å². The van der Waals surface area contributed by atoms with Crippen molar-refractivity contribution in [2.75, 3.05) is 0 Å². The SMILES string of the molecule is NC(=NO)c1ccc(CNC(=O)C2CCC2)c(F)c1. The van der Waals surface area contributed by atoms with Crippen molar-refractivity contribution in [3.8, 4) is 0 Å². The van der Waals surface area contributed by atoms with E-state index in [9.17, 15) is 9.18 Å². The predicted octanol–water partition coefficient (Wildman–Crippen LogP) is 1.34. The average Bonchev–Trinajstić information content (AvgIpc) is 2.34. The van der Waals surface area contributed by atoms with Gasteiger partial charge in [0.2, 0.25) is 5.91 Å². The third kappa shape index (κ3) is 3.01. The molecular weight excluding hydrogens is 249 g/mol. The number of halogens is 1. The van der Waals surface area contributed by atoms with Crippen molar-refractivity contribution in [3.05, 3.63) is 35.1 Å². The number of oxime groups is 1. The first kappa shape index (κ1) is 13.3. The maximum absolute atomic E-state index is 13.8. The summed E-state index contributed by atoms with van der Waals surface area (Å²) in [6, 6.07) is 4.24. The van der Waals surface area contributed by atoms with E-state index in [0.29, 0.717) is 11.1 Å². The van der Waals surface area contributed by atoms with Gasteiger partial charge in [0.25, 0.3) is 0 Å². The van der Waals surface area contributed by atoms with E-state index in [-0.39, 0.29) is 24.2 Å². The van der Waals surface area contributed by atoms with Crippen LogP contribution in [-0.4, -0.2) is 17.0 Å². The molecule has 1 saturated carbocycles. The van der Waals surface area contributed by atoms with Gasteiger partial charge < -0.3 is 16.3 Å². The van der Waals surface area contributed by atoms with E-state index < -0.39 is 5.82 Å². The number of benzene rings is 1. The van der Waals surface area contributed by atoms with Gasteiger partial charge in [-0.3, -0.25) is 4.79 Å². The number of amides is 1. The van der Waals surface area contributed by atoms with Crippen molar-refractivity contribution in [1.29, 1.82) is 0 Å². The molecule has 2 rings (SSSR count). The van der Waals surface area contributed by atoms with Gasteiger partial charge in [0, 0.05) is 23.6 Å². The highest BCUT2D eigenvalue weighted by Crippen LogP contribution is 2.26. The summed E-state index contributed by atoms with van der Waals surface area (Å²) >= 11 is 0. The Morgan fingerprint density at radius 2 is 2.26 bits per heavy atom. The Labute approximate surface area is 110 Å². The topological polar surface area (TPSA) is 87.7 Å². The Morgan fingerprint density at radius 1 is 1.53 bits per heavy atom. The minimum Gasteiger partial charge on any atom is -0.409 e. The van der Waals surface area contributed by atoms with E-state index >= 15 is 0 Å². The molecular formula is C13H16FN3O2. The molecule has 0 atom stereocenters. The molecule has 0 spiro atoms. The maximum Gasteiger partial charge on any atom is 0.223 e. The van der Waals surface area contributed by atoms with E-state index in [1.165, 1.54) is 12.1 Å². The molecule has 0 radical (unpaired) electrons. The molecule has 0 saturated heterocycles. The zero-order valence-corrected chi connectivity index (χ0v) is 10.4. The van der Waals surface area contributed by atoms with Gasteiger partial charge >= 0.3 is 0 Å². The lowest BCUT2D eigenvalue weighted by molar-refractivity contribution is -0.127. The second-order valence-corrected chi connectivity index (χ2v) is 4.64. The summed E-state index contributed by atoms with van der Waals surface area (Å²) in [7, 11) is 0. The largest absolute Gasteiger partial charge is 0.409 e. The first-order valence-corrected chi connectivity index (χ1v) is 6.16. The summed E-state index contributed by atoms with van der Waals surface area (Å²) in [6.07, 6.45) is 2.91. The molecule has 1 aromatic rings. The van der Waals surface area contributed by atoms with Gasteiger partial charge in [0.1, 0.15) is 5.82 Å². The van der Waals surface area contributed by atoms with E-state index in [1.807, 2.05) is 0 Å². The van der Waals surface area contributed by atoms with Crippen LogP contribution in [0.5, 0.6) is 0 Å². The smallest absolute Gasteiger partial charge is 0.223 e. The normalized spacial score (nSPS) is 15.9. The highest BCUT2D eigenvalue weighted by Gasteiger charge is 2.24. The van der Waals surface area contributed by atoms with Crippen LogP contribution in [0.15, 0.2) is 23.4 Å². The summed E-state index contributed by atoms with van der Waals surface area (Å²) in [5, 5.41) is 14.0. The lowest BCUT2D eigenvalue weighted by Crippen LogP contribution is -2.34. The molecule has 19 heavy (non-hydrogen) atoms. The first-order chi connectivity index (χ1) is 9.11. The van der Waals surface area contributed by atoms with Crippen LogP contribution in [0.25, 0.3) is 0 Å². The van der Waals surface area contributed by atoms with Gasteiger partial charge in [0.05, 0.1) is 0 Å². The van der Waals surface area contributed by atoms with Crippen molar-refractivity contribution in [2.45, 2.75) is 25.8 Å². The third-order valence-electron chi connectivity index (χ3n) is 3.39. The molecule has 102 valence electrons. The Balaban J connectivity index is 1.99. The molecule has 6 heteroatoms. The van der Waals surface area contributed by atoms with Gasteiger partial charge in [-0.1, -0.05) is 23.7 Å². The van der Waals surface area contributed by atoms with Gasteiger partial charge in [-0.15, -0.1) is 0 Å². The molecule has 4 N–H and O–H groups in total. The number of amidine groups is 1. The fourth-order valence-corrected chi connectivity index (χ4v) is 1.90. The first-order valence-electron chi connectivity index (χ1n) is 6.16. The van der Waals surface area contributed by atoms with Crippen molar-refractivity contribution < 1.29 is 14.4 Å². The van der Waals surface area contributed by atoms with Crippen LogP contribution >= 0.6 is 0 Å². The average molecular weight is 265 g/mol. The number of hydrogen-bond acceptors (Lipinski definition) is 3. The Morgan fingerprint density at radius 3 is 2.79 bits per heavy atom. The molecule has 0 unspecified atom stereocenters. The van der Waals surface area contributed by atoms with Gasteiger partial charge in [-0.2, -0.15) is 0 Å². The van der Waals surface area contributed by atoms with E-state index in [4.69, 9.17) is 10.9 Å². The maximum atomic E-state index is 13.8. The van der Waals surface area contributed by atoms with Crippen LogP contribution in [0.3, 0.4) is 0 Å². The lowest BCUT2D eigenvalue weighted by atomic mass is 9.85. The molecule has 1 fully saturated rings. The number of nitrogens with zero attached hydrogens (tertiary/aromatic N) is 1. The Kier molecular flexibility index (Phi) is 3.99. The predicted molar refractivity (Wildman–Crippen MR) is 68.1 cm³/mol. The van der Waals surface area contributed by atoms with Crippen LogP contribution in [0, 0.1) is 11.7 Å². The fourth-order valence-electron chi connectivity index (χ4n) is 1.90. The molecule has 1 aliphatic rings. The van der Waals surface area contributed by atoms with Gasteiger partial charge in [0.15, 0.2) is 5.84 Å². The molecule has 0 aromatic heterocycles. The second-order valence-electron chi connectivity index (χ2n) is 4.64. The number of rotatable bonds is 4. The highest BCUT2D eigenvalue weighted by molar-refractivity contribution is 5.97. The van der Waals surface area contributed by atoms with Crippen LogP contribution in [0.1, 0.15) is 30.4 Å². The van der Waals surface area contributed by atoms with Crippen molar-refractivity contribution in [3.63, 3.8) is 0 Å². The minimum atomic E-state index is -0.488. The van der Waals surface area contributed by atoms with Crippen molar-refractivity contribution in [2.24, 2.45) is 16.8 Å². The monoisotopic (exact) mass is 265 g/mol. The standard InChI is InChI=1S/C13H16FN3O2/c14-11-6-9(12(15)17-19)4-5-10(11)7-16-13(18)8-2-1-3-8/h4-6,8,19H,1-3,7H2,(H2,15,17)(H,16,18). The van der Waals surface area contributed by atoms with E-state index in [0.717, 1.165) is 19.3 Å². The van der Waals surface area contributed by atoms with E-state index in [1.54, 1.807) is 6.07 Å². The number of hydrogen-bond donors (Lipinski definition) is 3. The Bertz CT molecular complexity index is 513. The summed E-state index contributed by atoms with van der Waals surface area (Å²) in [4.78, 5) is 11.6.